The van der Waals surface area contributed by atoms with Gasteiger partial charge >= 0.3 is 0 Å². The lowest BCUT2D eigenvalue weighted by Gasteiger charge is -2.40. The Morgan fingerprint density at radius 2 is 2.37 bits per heavy atom. The van der Waals surface area contributed by atoms with Crippen molar-refractivity contribution in [3.63, 3.8) is 0 Å². The van der Waals surface area contributed by atoms with Gasteiger partial charge in [0.05, 0.1) is 16.6 Å². The number of aliphatic hydroxyl groups is 1. The molecule has 0 saturated heterocycles. The number of hydrogen-bond acceptors (Lipinski definition) is 5. The minimum atomic E-state index is -0.264. The smallest absolute Gasteiger partial charge is 0.224 e. The Labute approximate surface area is 122 Å². The Bertz CT molecular complexity index is 443. The summed E-state index contributed by atoms with van der Waals surface area (Å²) >= 11 is 3.46. The molecule has 106 valence electrons. The van der Waals surface area contributed by atoms with Gasteiger partial charge in [-0.15, -0.1) is 0 Å². The molecule has 0 spiro atoms. The number of rotatable bonds is 4. The molecule has 1 heterocycles. The van der Waals surface area contributed by atoms with Crippen molar-refractivity contribution in [3.05, 3.63) is 10.7 Å². The van der Waals surface area contributed by atoms with Gasteiger partial charge in [0, 0.05) is 13.2 Å². The SMILES string of the molecule is CNc1ncc(Br)c(NC2(CO)CCCC(C)C2)n1. The third-order valence-corrected chi connectivity index (χ3v) is 4.33. The fraction of sp³-hybridized carbons (Fsp3) is 0.692. The number of nitrogens with zero attached hydrogens (tertiary/aromatic N) is 2. The number of halogens is 1. The van der Waals surface area contributed by atoms with Gasteiger partial charge in [-0.3, -0.25) is 0 Å². The largest absolute Gasteiger partial charge is 0.394 e. The molecule has 2 unspecified atom stereocenters. The Balaban J connectivity index is 2.22. The molecular formula is C13H21BrN4O. The lowest BCUT2D eigenvalue weighted by Crippen LogP contribution is -2.46. The molecule has 6 heteroatoms. The van der Waals surface area contributed by atoms with Crippen LogP contribution in [0.4, 0.5) is 11.8 Å². The molecule has 3 N–H and O–H groups in total. The molecule has 0 aromatic carbocycles. The average molecular weight is 329 g/mol. The van der Waals surface area contributed by atoms with Crippen LogP contribution in [0.5, 0.6) is 0 Å². The van der Waals surface area contributed by atoms with Gasteiger partial charge in [-0.25, -0.2) is 4.98 Å². The fourth-order valence-corrected chi connectivity index (χ4v) is 3.07. The zero-order valence-electron chi connectivity index (χ0n) is 11.4. The highest BCUT2D eigenvalue weighted by Gasteiger charge is 2.35. The van der Waals surface area contributed by atoms with Crippen molar-refractivity contribution in [1.29, 1.82) is 0 Å². The highest BCUT2D eigenvalue weighted by molar-refractivity contribution is 9.10. The molecular weight excluding hydrogens is 308 g/mol. The van der Waals surface area contributed by atoms with E-state index in [1.54, 1.807) is 13.2 Å². The van der Waals surface area contributed by atoms with Crippen LogP contribution in [0.25, 0.3) is 0 Å². The third-order valence-electron chi connectivity index (χ3n) is 3.75. The molecule has 2 rings (SSSR count). The summed E-state index contributed by atoms with van der Waals surface area (Å²) in [5.41, 5.74) is -0.264. The first-order valence-electron chi connectivity index (χ1n) is 6.68. The van der Waals surface area contributed by atoms with Crippen LogP contribution in [0, 0.1) is 5.92 Å². The van der Waals surface area contributed by atoms with E-state index in [4.69, 9.17) is 0 Å². The summed E-state index contributed by atoms with van der Waals surface area (Å²) < 4.78 is 0.817. The predicted octanol–water partition coefficient (Wildman–Crippen LogP) is 2.63. The van der Waals surface area contributed by atoms with Crippen LogP contribution in [0.2, 0.25) is 0 Å². The van der Waals surface area contributed by atoms with E-state index in [-0.39, 0.29) is 12.1 Å². The van der Waals surface area contributed by atoms with Crippen LogP contribution in [-0.2, 0) is 0 Å². The highest BCUT2D eigenvalue weighted by Crippen LogP contribution is 2.35. The maximum absolute atomic E-state index is 9.80. The zero-order chi connectivity index (χ0) is 13.9. The number of nitrogens with one attached hydrogen (secondary N) is 2. The Morgan fingerprint density at radius 1 is 1.58 bits per heavy atom. The fourth-order valence-electron chi connectivity index (χ4n) is 2.78. The maximum Gasteiger partial charge on any atom is 0.224 e. The standard InChI is InChI=1S/C13H21BrN4O/c1-9-4-3-5-13(6-9,8-19)18-11-10(14)7-16-12(15-2)17-11/h7,9,19H,3-6,8H2,1-2H3,(H2,15,16,17,18). The number of aliphatic hydroxyl groups excluding tert-OH is 1. The van der Waals surface area contributed by atoms with Crippen molar-refractivity contribution >= 4 is 27.7 Å². The van der Waals surface area contributed by atoms with Crippen LogP contribution in [-0.4, -0.2) is 34.3 Å². The minimum absolute atomic E-state index is 0.128. The molecule has 0 amide bonds. The predicted molar refractivity (Wildman–Crippen MR) is 80.4 cm³/mol. The monoisotopic (exact) mass is 328 g/mol. The van der Waals surface area contributed by atoms with Gasteiger partial charge in [0.2, 0.25) is 5.95 Å². The van der Waals surface area contributed by atoms with E-state index in [9.17, 15) is 5.11 Å². The van der Waals surface area contributed by atoms with Crippen molar-refractivity contribution in [3.8, 4) is 0 Å². The number of aromatic nitrogens is 2. The number of hydrogen-bond donors (Lipinski definition) is 3. The summed E-state index contributed by atoms with van der Waals surface area (Å²) in [4.78, 5) is 8.55. The molecule has 0 radical (unpaired) electrons. The Morgan fingerprint density at radius 3 is 3.00 bits per heavy atom. The van der Waals surface area contributed by atoms with Crippen LogP contribution < -0.4 is 10.6 Å². The molecule has 5 nitrogen and oxygen atoms in total. The van der Waals surface area contributed by atoms with E-state index >= 15 is 0 Å². The van der Waals surface area contributed by atoms with E-state index in [0.717, 1.165) is 29.6 Å². The first kappa shape index (κ1) is 14.5. The van der Waals surface area contributed by atoms with Crippen LogP contribution in [0.15, 0.2) is 10.7 Å². The first-order chi connectivity index (χ1) is 9.08. The molecule has 1 aliphatic carbocycles. The van der Waals surface area contributed by atoms with Gasteiger partial charge < -0.3 is 15.7 Å². The molecule has 1 aliphatic rings. The van der Waals surface area contributed by atoms with Crippen molar-refractivity contribution in [1.82, 2.24) is 9.97 Å². The molecule has 0 aliphatic heterocycles. The lowest BCUT2D eigenvalue weighted by atomic mass is 9.77. The van der Waals surface area contributed by atoms with E-state index in [1.165, 1.54) is 6.42 Å². The van der Waals surface area contributed by atoms with E-state index < -0.39 is 0 Å². The molecule has 1 saturated carbocycles. The van der Waals surface area contributed by atoms with Crippen molar-refractivity contribution in [2.45, 2.75) is 38.1 Å². The molecule has 1 aromatic heterocycles. The normalized spacial score (nSPS) is 27.1. The van der Waals surface area contributed by atoms with E-state index in [0.29, 0.717) is 11.9 Å². The lowest BCUT2D eigenvalue weighted by molar-refractivity contribution is 0.149. The van der Waals surface area contributed by atoms with Crippen molar-refractivity contribution in [2.24, 2.45) is 5.92 Å². The quantitative estimate of drug-likeness (QED) is 0.792. The van der Waals surface area contributed by atoms with E-state index in [2.05, 4.69) is 43.5 Å². The van der Waals surface area contributed by atoms with Gasteiger partial charge in [0.1, 0.15) is 5.82 Å². The minimum Gasteiger partial charge on any atom is -0.394 e. The van der Waals surface area contributed by atoms with Crippen LogP contribution in [0.3, 0.4) is 0 Å². The second-order valence-corrected chi connectivity index (χ2v) is 6.26. The van der Waals surface area contributed by atoms with E-state index in [1.807, 2.05) is 0 Å². The topological polar surface area (TPSA) is 70.1 Å². The Hall–Kier alpha value is -0.880. The third kappa shape index (κ3) is 3.36. The van der Waals surface area contributed by atoms with Gasteiger partial charge in [0.15, 0.2) is 0 Å². The second-order valence-electron chi connectivity index (χ2n) is 5.41. The van der Waals surface area contributed by atoms with Crippen molar-refractivity contribution < 1.29 is 5.11 Å². The molecule has 1 fully saturated rings. The van der Waals surface area contributed by atoms with Gasteiger partial charge in [0.25, 0.3) is 0 Å². The summed E-state index contributed by atoms with van der Waals surface area (Å²) in [6.45, 7) is 2.36. The molecule has 19 heavy (non-hydrogen) atoms. The van der Waals surface area contributed by atoms with Gasteiger partial charge in [-0.2, -0.15) is 4.98 Å². The zero-order valence-corrected chi connectivity index (χ0v) is 13.0. The summed E-state index contributed by atoms with van der Waals surface area (Å²) in [7, 11) is 1.79. The average Bonchev–Trinajstić information content (AvgIpc) is 2.41. The first-order valence-corrected chi connectivity index (χ1v) is 7.47. The summed E-state index contributed by atoms with van der Waals surface area (Å²) in [6, 6.07) is 0. The molecule has 2 atom stereocenters. The summed E-state index contributed by atoms with van der Waals surface area (Å²) in [5.74, 6) is 1.93. The Kier molecular flexibility index (Phi) is 4.62. The summed E-state index contributed by atoms with van der Waals surface area (Å²) in [6.07, 6.45) is 6.03. The van der Waals surface area contributed by atoms with Crippen LogP contribution in [0.1, 0.15) is 32.6 Å². The highest BCUT2D eigenvalue weighted by atomic mass is 79.9. The maximum atomic E-state index is 9.80. The second kappa shape index (κ2) is 6.05. The molecule has 0 bridgehead atoms. The van der Waals surface area contributed by atoms with Gasteiger partial charge in [-0.1, -0.05) is 19.8 Å². The molecule has 1 aromatic rings. The van der Waals surface area contributed by atoms with Gasteiger partial charge in [-0.05, 0) is 34.7 Å². The van der Waals surface area contributed by atoms with Crippen LogP contribution >= 0.6 is 15.9 Å². The number of anilines is 2. The summed E-state index contributed by atoms with van der Waals surface area (Å²) in [5, 5.41) is 16.2. The van der Waals surface area contributed by atoms with Crippen molar-refractivity contribution in [2.75, 3.05) is 24.3 Å².